The summed E-state index contributed by atoms with van der Waals surface area (Å²) in [4.78, 5) is 48.2. The third kappa shape index (κ3) is 5.37. The van der Waals surface area contributed by atoms with E-state index < -0.39 is 11.5 Å². The zero-order valence-corrected chi connectivity index (χ0v) is 23.7. The standard InChI is InChI=1S/C31H32N4O6/c1-17(2)18(3)35-24-7-6-8-25(36)21(24)13-22(31(35)38)30(37)34-29-10-9-19(16-33-29)41-26-11-12-32-23-15-28(40-5)27(39-4)14-20(23)26/h9-18H,6-8H2,1-5H3,(H,33,34,37)/t18-/m1/s1. The Morgan fingerprint density at radius 2 is 1.71 bits per heavy atom. The first-order valence-electron chi connectivity index (χ1n) is 13.5. The first-order chi connectivity index (χ1) is 19.7. The van der Waals surface area contributed by atoms with E-state index in [0.29, 0.717) is 59.0 Å². The van der Waals surface area contributed by atoms with Gasteiger partial charge in [-0.05, 0) is 56.0 Å². The fourth-order valence-corrected chi connectivity index (χ4v) is 4.97. The van der Waals surface area contributed by atoms with E-state index in [4.69, 9.17) is 14.2 Å². The lowest BCUT2D eigenvalue weighted by Crippen LogP contribution is -2.37. The van der Waals surface area contributed by atoms with Crippen LogP contribution >= 0.6 is 0 Å². The van der Waals surface area contributed by atoms with Gasteiger partial charge in [-0.1, -0.05) is 13.8 Å². The van der Waals surface area contributed by atoms with Gasteiger partial charge in [0.25, 0.3) is 11.5 Å². The highest BCUT2D eigenvalue weighted by molar-refractivity contribution is 6.06. The molecular formula is C31H32N4O6. The lowest BCUT2D eigenvalue weighted by Gasteiger charge is -2.27. The van der Waals surface area contributed by atoms with Crippen molar-refractivity contribution < 1.29 is 23.8 Å². The van der Waals surface area contributed by atoms with Gasteiger partial charge in [0.15, 0.2) is 17.3 Å². The second-order valence-corrected chi connectivity index (χ2v) is 10.3. The summed E-state index contributed by atoms with van der Waals surface area (Å²) >= 11 is 0. The van der Waals surface area contributed by atoms with Gasteiger partial charge in [0.2, 0.25) is 0 Å². The van der Waals surface area contributed by atoms with Crippen molar-refractivity contribution in [1.29, 1.82) is 0 Å². The van der Waals surface area contributed by atoms with Gasteiger partial charge in [0, 0.05) is 41.4 Å². The number of ketones is 1. The molecule has 0 fully saturated rings. The van der Waals surface area contributed by atoms with Crippen LogP contribution in [0.4, 0.5) is 5.82 Å². The molecule has 0 saturated carbocycles. The fraction of sp³-hybridized carbons (Fsp3) is 0.323. The van der Waals surface area contributed by atoms with E-state index in [9.17, 15) is 14.4 Å². The van der Waals surface area contributed by atoms with E-state index in [1.165, 1.54) is 12.3 Å². The molecule has 0 bridgehead atoms. The van der Waals surface area contributed by atoms with E-state index in [1.807, 2.05) is 20.8 Å². The molecule has 0 unspecified atom stereocenters. The van der Waals surface area contributed by atoms with Crippen molar-refractivity contribution in [2.24, 2.45) is 5.92 Å². The van der Waals surface area contributed by atoms with Crippen LogP contribution in [0.2, 0.25) is 0 Å². The van der Waals surface area contributed by atoms with Crippen molar-refractivity contribution in [3.63, 3.8) is 0 Å². The summed E-state index contributed by atoms with van der Waals surface area (Å²) in [6.45, 7) is 5.96. The highest BCUT2D eigenvalue weighted by Gasteiger charge is 2.28. The largest absolute Gasteiger partial charge is 0.493 e. The molecule has 3 heterocycles. The molecule has 3 aromatic heterocycles. The predicted octanol–water partition coefficient (Wildman–Crippen LogP) is 5.59. The van der Waals surface area contributed by atoms with Crippen LogP contribution in [0.1, 0.15) is 66.1 Å². The molecule has 10 nitrogen and oxygen atoms in total. The van der Waals surface area contributed by atoms with Crippen molar-refractivity contribution in [2.75, 3.05) is 19.5 Å². The van der Waals surface area contributed by atoms with Crippen LogP contribution in [0, 0.1) is 5.92 Å². The molecule has 0 saturated heterocycles. The zero-order chi connectivity index (χ0) is 29.3. The molecule has 5 rings (SSSR count). The topological polar surface area (TPSA) is 122 Å². The lowest BCUT2D eigenvalue weighted by atomic mass is 9.91. The minimum absolute atomic E-state index is 0.0515. The number of pyridine rings is 3. The van der Waals surface area contributed by atoms with Gasteiger partial charge in [-0.25, -0.2) is 4.98 Å². The van der Waals surface area contributed by atoms with Crippen LogP contribution in [0.15, 0.2) is 53.6 Å². The number of amides is 1. The Balaban J connectivity index is 1.40. The maximum absolute atomic E-state index is 13.5. The Labute approximate surface area is 237 Å². The van der Waals surface area contributed by atoms with Crippen LogP contribution in [-0.4, -0.2) is 40.4 Å². The molecule has 1 aliphatic rings. The van der Waals surface area contributed by atoms with Crippen molar-refractivity contribution in [1.82, 2.24) is 14.5 Å². The van der Waals surface area contributed by atoms with Crippen LogP contribution in [0.5, 0.6) is 23.0 Å². The van der Waals surface area contributed by atoms with Gasteiger partial charge in [-0.3, -0.25) is 19.4 Å². The fourth-order valence-electron chi connectivity index (χ4n) is 4.97. The van der Waals surface area contributed by atoms with Crippen LogP contribution < -0.4 is 25.1 Å². The molecule has 0 aliphatic heterocycles. The average molecular weight is 557 g/mol. The summed E-state index contributed by atoms with van der Waals surface area (Å²) in [6, 6.07) is 9.79. The molecule has 1 aromatic carbocycles. The molecule has 41 heavy (non-hydrogen) atoms. The third-order valence-electron chi connectivity index (χ3n) is 7.49. The van der Waals surface area contributed by atoms with Gasteiger partial charge in [0.05, 0.1) is 25.9 Å². The number of hydrogen-bond donors (Lipinski definition) is 1. The molecule has 1 aliphatic carbocycles. The molecule has 4 aromatic rings. The summed E-state index contributed by atoms with van der Waals surface area (Å²) in [5, 5.41) is 3.41. The smallest absolute Gasteiger partial charge is 0.263 e. The number of aromatic nitrogens is 3. The Hall–Kier alpha value is -4.73. The molecule has 0 spiro atoms. The minimum Gasteiger partial charge on any atom is -0.493 e. The van der Waals surface area contributed by atoms with Crippen LogP contribution in [-0.2, 0) is 6.42 Å². The summed E-state index contributed by atoms with van der Waals surface area (Å²) in [5.41, 5.74) is 1.33. The second-order valence-electron chi connectivity index (χ2n) is 10.3. The number of rotatable bonds is 8. The zero-order valence-electron chi connectivity index (χ0n) is 23.7. The second kappa shape index (κ2) is 11.4. The van der Waals surface area contributed by atoms with Gasteiger partial charge >= 0.3 is 0 Å². The van der Waals surface area contributed by atoms with Gasteiger partial charge in [-0.15, -0.1) is 0 Å². The van der Waals surface area contributed by atoms with Gasteiger partial charge in [0.1, 0.15) is 22.9 Å². The minimum atomic E-state index is -0.622. The van der Waals surface area contributed by atoms with E-state index in [-0.39, 0.29) is 29.1 Å². The van der Waals surface area contributed by atoms with Crippen molar-refractivity contribution in [2.45, 2.75) is 46.1 Å². The molecule has 1 N–H and O–H groups in total. The molecular weight excluding hydrogens is 524 g/mol. The predicted molar refractivity (Wildman–Crippen MR) is 155 cm³/mol. The van der Waals surface area contributed by atoms with E-state index in [2.05, 4.69) is 15.3 Å². The first-order valence-corrected chi connectivity index (χ1v) is 13.5. The Kier molecular flexibility index (Phi) is 7.74. The lowest BCUT2D eigenvalue weighted by molar-refractivity contribution is 0.0969. The maximum atomic E-state index is 13.5. The number of carbonyl (C=O) groups excluding carboxylic acids is 2. The third-order valence-corrected chi connectivity index (χ3v) is 7.49. The van der Waals surface area contributed by atoms with Gasteiger partial charge < -0.3 is 24.1 Å². The molecule has 1 atom stereocenters. The average Bonchev–Trinajstić information content (AvgIpc) is 2.97. The Bertz CT molecular complexity index is 1690. The van der Waals surface area contributed by atoms with Crippen molar-refractivity contribution >= 4 is 28.4 Å². The monoisotopic (exact) mass is 556 g/mol. The Morgan fingerprint density at radius 1 is 0.951 bits per heavy atom. The summed E-state index contributed by atoms with van der Waals surface area (Å²) in [5.74, 6) is 1.76. The summed E-state index contributed by atoms with van der Waals surface area (Å²) in [7, 11) is 3.11. The number of Topliss-reactive ketones (excluding diaryl/α,β-unsaturated/α-hetero) is 1. The molecule has 10 heteroatoms. The van der Waals surface area contributed by atoms with E-state index >= 15 is 0 Å². The highest BCUT2D eigenvalue weighted by Crippen LogP contribution is 2.37. The maximum Gasteiger partial charge on any atom is 0.263 e. The SMILES string of the molecule is COc1cc2nccc(Oc3ccc(NC(=O)c4cc5c(n([C@H](C)C(C)C)c4=O)CCCC5=O)nc3)c2cc1OC. The number of nitrogens with zero attached hydrogens (tertiary/aromatic N) is 3. The highest BCUT2D eigenvalue weighted by atomic mass is 16.5. The number of hydrogen-bond acceptors (Lipinski definition) is 8. The Morgan fingerprint density at radius 3 is 2.39 bits per heavy atom. The van der Waals surface area contributed by atoms with Crippen LogP contribution in [0.3, 0.4) is 0 Å². The van der Waals surface area contributed by atoms with Crippen molar-refractivity contribution in [3.8, 4) is 23.0 Å². The number of methoxy groups -OCH3 is 2. The molecule has 212 valence electrons. The molecule has 1 amide bonds. The number of anilines is 1. The summed E-state index contributed by atoms with van der Waals surface area (Å²) < 4.78 is 18.5. The van der Waals surface area contributed by atoms with Gasteiger partial charge in [-0.2, -0.15) is 0 Å². The van der Waals surface area contributed by atoms with E-state index in [1.54, 1.807) is 55.3 Å². The summed E-state index contributed by atoms with van der Waals surface area (Å²) in [6.07, 6.45) is 4.82. The quantitative estimate of drug-likeness (QED) is 0.298. The number of carbonyl (C=O) groups is 2. The first kappa shape index (κ1) is 27.8. The number of ether oxygens (including phenoxy) is 3. The normalized spacial score (nSPS) is 13.6. The van der Waals surface area contributed by atoms with E-state index in [0.717, 1.165) is 5.39 Å². The number of nitrogens with one attached hydrogen (secondary N) is 1. The number of fused-ring (bicyclic) bond motifs is 2. The van der Waals surface area contributed by atoms with Crippen LogP contribution in [0.25, 0.3) is 10.9 Å². The van der Waals surface area contributed by atoms with Crippen molar-refractivity contribution in [3.05, 3.63) is 76.0 Å². The molecule has 0 radical (unpaired) electrons. The number of benzene rings is 1.